The SMILES string of the molecule is NC1CCCC1n1ccnc1-c1ccccc1. The molecule has 3 rings (SSSR count). The van der Waals surface area contributed by atoms with E-state index >= 15 is 0 Å². The number of rotatable bonds is 2. The smallest absolute Gasteiger partial charge is 0.140 e. The van der Waals surface area contributed by atoms with Gasteiger partial charge in [-0.1, -0.05) is 30.3 Å². The maximum absolute atomic E-state index is 6.17. The highest BCUT2D eigenvalue weighted by atomic mass is 15.1. The Balaban J connectivity index is 2.00. The van der Waals surface area contributed by atoms with E-state index in [9.17, 15) is 0 Å². The van der Waals surface area contributed by atoms with Gasteiger partial charge in [-0.2, -0.15) is 0 Å². The topological polar surface area (TPSA) is 43.8 Å². The van der Waals surface area contributed by atoms with Crippen molar-refractivity contribution in [3.8, 4) is 11.4 Å². The summed E-state index contributed by atoms with van der Waals surface area (Å²) in [6, 6.07) is 11.0. The van der Waals surface area contributed by atoms with E-state index in [0.29, 0.717) is 6.04 Å². The molecule has 1 aromatic carbocycles. The highest BCUT2D eigenvalue weighted by molar-refractivity contribution is 5.55. The first kappa shape index (κ1) is 10.5. The molecule has 2 N–H and O–H groups in total. The molecule has 3 nitrogen and oxygen atoms in total. The Morgan fingerprint density at radius 2 is 2.00 bits per heavy atom. The molecule has 1 aliphatic carbocycles. The van der Waals surface area contributed by atoms with Crippen LogP contribution in [0.2, 0.25) is 0 Å². The van der Waals surface area contributed by atoms with E-state index in [2.05, 4.69) is 27.9 Å². The molecule has 2 aromatic rings. The normalized spacial score (nSPS) is 24.1. The predicted octanol–water partition coefficient (Wildman–Crippen LogP) is 2.60. The Kier molecular flexibility index (Phi) is 2.69. The fourth-order valence-corrected chi connectivity index (χ4v) is 2.71. The monoisotopic (exact) mass is 227 g/mol. The molecule has 1 aliphatic rings. The minimum absolute atomic E-state index is 0.270. The van der Waals surface area contributed by atoms with Gasteiger partial charge in [-0.05, 0) is 19.3 Å². The van der Waals surface area contributed by atoms with Gasteiger partial charge in [0.25, 0.3) is 0 Å². The number of nitrogens with zero attached hydrogens (tertiary/aromatic N) is 2. The van der Waals surface area contributed by atoms with Gasteiger partial charge in [0, 0.05) is 24.0 Å². The van der Waals surface area contributed by atoms with Crippen LogP contribution in [0, 0.1) is 0 Å². The van der Waals surface area contributed by atoms with Crippen LogP contribution < -0.4 is 5.73 Å². The summed E-state index contributed by atoms with van der Waals surface area (Å²) in [5.74, 6) is 1.04. The van der Waals surface area contributed by atoms with Crippen LogP contribution in [0.25, 0.3) is 11.4 Å². The van der Waals surface area contributed by atoms with Gasteiger partial charge in [0.1, 0.15) is 5.82 Å². The third-order valence-corrected chi connectivity index (χ3v) is 3.59. The van der Waals surface area contributed by atoms with Crippen molar-refractivity contribution >= 4 is 0 Å². The Hall–Kier alpha value is -1.61. The van der Waals surface area contributed by atoms with Gasteiger partial charge in [-0.25, -0.2) is 4.98 Å². The highest BCUT2D eigenvalue weighted by Gasteiger charge is 2.26. The van der Waals surface area contributed by atoms with E-state index in [1.807, 2.05) is 24.4 Å². The van der Waals surface area contributed by atoms with Gasteiger partial charge in [0.2, 0.25) is 0 Å². The van der Waals surface area contributed by atoms with Crippen molar-refractivity contribution in [2.75, 3.05) is 0 Å². The van der Waals surface area contributed by atoms with Crippen molar-refractivity contribution in [3.63, 3.8) is 0 Å². The molecule has 88 valence electrons. The van der Waals surface area contributed by atoms with Gasteiger partial charge >= 0.3 is 0 Å². The zero-order chi connectivity index (χ0) is 11.7. The summed E-state index contributed by atoms with van der Waals surface area (Å²) >= 11 is 0. The summed E-state index contributed by atoms with van der Waals surface area (Å²) in [4.78, 5) is 4.47. The molecule has 0 bridgehead atoms. The highest BCUT2D eigenvalue weighted by Crippen LogP contribution is 2.32. The van der Waals surface area contributed by atoms with E-state index in [0.717, 1.165) is 24.2 Å². The second-order valence-electron chi connectivity index (χ2n) is 4.69. The minimum Gasteiger partial charge on any atom is -0.326 e. The van der Waals surface area contributed by atoms with E-state index < -0.39 is 0 Å². The van der Waals surface area contributed by atoms with Crippen LogP contribution >= 0.6 is 0 Å². The zero-order valence-corrected chi connectivity index (χ0v) is 9.79. The lowest BCUT2D eigenvalue weighted by atomic mass is 10.1. The summed E-state index contributed by atoms with van der Waals surface area (Å²) < 4.78 is 2.24. The lowest BCUT2D eigenvalue weighted by Gasteiger charge is -2.19. The standard InChI is InChI=1S/C14H17N3/c15-12-7-4-8-13(12)17-10-9-16-14(17)11-5-2-1-3-6-11/h1-3,5-6,9-10,12-13H,4,7-8,15H2. The summed E-state index contributed by atoms with van der Waals surface area (Å²) in [6.45, 7) is 0. The molecule has 17 heavy (non-hydrogen) atoms. The average Bonchev–Trinajstić information content (AvgIpc) is 2.98. The Labute approximate surface area is 101 Å². The van der Waals surface area contributed by atoms with E-state index in [-0.39, 0.29) is 6.04 Å². The summed E-state index contributed by atoms with van der Waals surface area (Å²) in [5, 5.41) is 0. The van der Waals surface area contributed by atoms with Crippen LogP contribution in [0.1, 0.15) is 25.3 Å². The molecule has 0 spiro atoms. The molecule has 2 unspecified atom stereocenters. The number of hydrogen-bond acceptors (Lipinski definition) is 2. The molecule has 1 aromatic heterocycles. The first-order chi connectivity index (χ1) is 8.36. The number of nitrogens with two attached hydrogens (primary N) is 1. The van der Waals surface area contributed by atoms with Crippen molar-refractivity contribution in [3.05, 3.63) is 42.7 Å². The number of aromatic nitrogens is 2. The van der Waals surface area contributed by atoms with Gasteiger partial charge < -0.3 is 10.3 Å². The molecule has 1 heterocycles. The fraction of sp³-hybridized carbons (Fsp3) is 0.357. The van der Waals surface area contributed by atoms with E-state index in [1.165, 1.54) is 6.42 Å². The summed E-state index contributed by atoms with van der Waals surface area (Å²) in [6.07, 6.45) is 7.43. The van der Waals surface area contributed by atoms with Gasteiger partial charge in [-0.15, -0.1) is 0 Å². The van der Waals surface area contributed by atoms with E-state index in [1.54, 1.807) is 0 Å². The van der Waals surface area contributed by atoms with Crippen LogP contribution in [0.5, 0.6) is 0 Å². The third kappa shape index (κ3) is 1.87. The molecule has 1 saturated carbocycles. The van der Waals surface area contributed by atoms with Gasteiger partial charge in [-0.3, -0.25) is 0 Å². The molecular weight excluding hydrogens is 210 g/mol. The third-order valence-electron chi connectivity index (χ3n) is 3.59. The number of hydrogen-bond donors (Lipinski definition) is 1. The molecule has 2 atom stereocenters. The van der Waals surface area contributed by atoms with Crippen LogP contribution in [0.15, 0.2) is 42.7 Å². The van der Waals surface area contributed by atoms with Crippen molar-refractivity contribution < 1.29 is 0 Å². The molecule has 0 saturated heterocycles. The van der Waals surface area contributed by atoms with Crippen LogP contribution in [-0.4, -0.2) is 15.6 Å². The van der Waals surface area contributed by atoms with Crippen LogP contribution in [-0.2, 0) is 0 Å². The van der Waals surface area contributed by atoms with Gasteiger partial charge in [0.05, 0.1) is 6.04 Å². The Morgan fingerprint density at radius 1 is 1.18 bits per heavy atom. The number of imidazole rings is 1. The van der Waals surface area contributed by atoms with Crippen LogP contribution in [0.3, 0.4) is 0 Å². The van der Waals surface area contributed by atoms with Crippen molar-refractivity contribution in [1.29, 1.82) is 0 Å². The average molecular weight is 227 g/mol. The summed E-state index contributed by atoms with van der Waals surface area (Å²) in [5.41, 5.74) is 7.33. The molecule has 0 amide bonds. The Bertz CT molecular complexity index is 489. The van der Waals surface area contributed by atoms with E-state index in [4.69, 9.17) is 5.73 Å². The largest absolute Gasteiger partial charge is 0.326 e. The molecule has 0 radical (unpaired) electrons. The maximum atomic E-state index is 6.17. The second-order valence-corrected chi connectivity index (χ2v) is 4.69. The second kappa shape index (κ2) is 4.34. The lowest BCUT2D eigenvalue weighted by molar-refractivity contribution is 0.466. The first-order valence-electron chi connectivity index (χ1n) is 6.20. The minimum atomic E-state index is 0.270. The van der Waals surface area contributed by atoms with Crippen molar-refractivity contribution in [2.45, 2.75) is 31.3 Å². The summed E-state index contributed by atoms with van der Waals surface area (Å²) in [7, 11) is 0. The van der Waals surface area contributed by atoms with Crippen molar-refractivity contribution in [2.24, 2.45) is 5.73 Å². The molecule has 0 aliphatic heterocycles. The van der Waals surface area contributed by atoms with Crippen molar-refractivity contribution in [1.82, 2.24) is 9.55 Å². The fourth-order valence-electron chi connectivity index (χ4n) is 2.71. The number of benzene rings is 1. The first-order valence-corrected chi connectivity index (χ1v) is 6.20. The zero-order valence-electron chi connectivity index (χ0n) is 9.79. The quantitative estimate of drug-likeness (QED) is 0.857. The molecular formula is C14H17N3. The molecule has 3 heteroatoms. The lowest BCUT2D eigenvalue weighted by Crippen LogP contribution is -2.27. The molecule has 1 fully saturated rings. The Morgan fingerprint density at radius 3 is 2.71 bits per heavy atom. The maximum Gasteiger partial charge on any atom is 0.140 e. The van der Waals surface area contributed by atoms with Gasteiger partial charge in [0.15, 0.2) is 0 Å². The predicted molar refractivity (Wildman–Crippen MR) is 68.5 cm³/mol. The van der Waals surface area contributed by atoms with Crippen LogP contribution in [0.4, 0.5) is 0 Å².